The maximum absolute atomic E-state index is 12.7. The summed E-state index contributed by atoms with van der Waals surface area (Å²) in [5.41, 5.74) is 4.76. The van der Waals surface area contributed by atoms with Crippen LogP contribution in [0.25, 0.3) is 0 Å². The van der Waals surface area contributed by atoms with Crippen molar-refractivity contribution in [1.29, 1.82) is 0 Å². The Bertz CT molecular complexity index is 2020. The van der Waals surface area contributed by atoms with Gasteiger partial charge in [-0.25, -0.2) is 4.79 Å². The Balaban J connectivity index is 1.28. The monoisotopic (exact) mass is 822 g/mol. The van der Waals surface area contributed by atoms with Gasteiger partial charge in [0.15, 0.2) is 16.6 Å². The Hall–Kier alpha value is -3.68. The van der Waals surface area contributed by atoms with E-state index in [1.165, 1.54) is 16.9 Å². The summed E-state index contributed by atoms with van der Waals surface area (Å²) < 4.78 is 23.8. The summed E-state index contributed by atoms with van der Waals surface area (Å²) in [6, 6.07) is 29.9. The molecule has 0 spiro atoms. The molecule has 296 valence electrons. The molecule has 0 radical (unpaired) electrons. The molecule has 0 aliphatic heterocycles. The zero-order chi connectivity index (χ0) is 41.0. The molecule has 0 aliphatic rings. The summed E-state index contributed by atoms with van der Waals surface area (Å²) in [6.07, 6.45) is 0. The molecule has 9 heteroatoms. The Morgan fingerprint density at radius 1 is 0.589 bits per heavy atom. The number of thioether (sulfide) groups is 2. The highest BCUT2D eigenvalue weighted by Gasteiger charge is 2.37. The third kappa shape index (κ3) is 13.8. The van der Waals surface area contributed by atoms with Gasteiger partial charge in [0.25, 0.3) is 0 Å². The van der Waals surface area contributed by atoms with Gasteiger partial charge in [0.1, 0.15) is 17.9 Å². The quantitative estimate of drug-likeness (QED) is 0.0413. The Labute approximate surface area is 347 Å². The Morgan fingerprint density at radius 3 is 1.39 bits per heavy atom. The summed E-state index contributed by atoms with van der Waals surface area (Å²) >= 11 is 3.60. The molecule has 0 aliphatic carbocycles. The largest absolute Gasteiger partial charge is 0.488 e. The van der Waals surface area contributed by atoms with E-state index in [4.69, 9.17) is 18.3 Å². The predicted molar refractivity (Wildman–Crippen MR) is 241 cm³/mol. The summed E-state index contributed by atoms with van der Waals surface area (Å²) in [4.78, 5) is 15.1. The van der Waals surface area contributed by atoms with Crippen LogP contribution in [0.2, 0.25) is 36.3 Å². The van der Waals surface area contributed by atoms with Crippen LogP contribution in [-0.2, 0) is 20.2 Å². The number of rotatable bonds is 14. The van der Waals surface area contributed by atoms with E-state index in [9.17, 15) is 4.79 Å². The van der Waals surface area contributed by atoms with Crippen molar-refractivity contribution in [1.82, 2.24) is 0 Å². The van der Waals surface area contributed by atoms with Gasteiger partial charge in [-0.05, 0) is 121 Å². The van der Waals surface area contributed by atoms with E-state index in [0.717, 1.165) is 47.0 Å². The number of carbonyl (C=O) groups is 1. The predicted octanol–water partition coefficient (Wildman–Crippen LogP) is 12.1. The van der Waals surface area contributed by atoms with Crippen LogP contribution in [0, 0.1) is 23.7 Å². The van der Waals surface area contributed by atoms with Crippen molar-refractivity contribution in [3.63, 3.8) is 0 Å². The van der Waals surface area contributed by atoms with Gasteiger partial charge in [-0.15, -0.1) is 23.5 Å². The minimum absolute atomic E-state index is 0.212. The first-order chi connectivity index (χ1) is 26.4. The van der Waals surface area contributed by atoms with E-state index >= 15 is 0 Å². The van der Waals surface area contributed by atoms with Gasteiger partial charge in [-0.2, -0.15) is 0 Å². The van der Waals surface area contributed by atoms with Crippen LogP contribution in [-0.4, -0.2) is 54.4 Å². The van der Waals surface area contributed by atoms with Crippen LogP contribution in [0.3, 0.4) is 0 Å². The lowest BCUT2D eigenvalue weighted by Crippen LogP contribution is -2.41. The molecule has 0 atom stereocenters. The molecule has 0 amide bonds. The van der Waals surface area contributed by atoms with Gasteiger partial charge >= 0.3 is 5.97 Å². The zero-order valence-electron chi connectivity index (χ0n) is 35.1. The van der Waals surface area contributed by atoms with Gasteiger partial charge in [-0.1, -0.05) is 77.4 Å². The lowest BCUT2D eigenvalue weighted by atomic mass is 10.1. The first-order valence-electron chi connectivity index (χ1n) is 19.1. The smallest absolute Gasteiger partial charge is 0.341 e. The van der Waals surface area contributed by atoms with Crippen LogP contribution in [0.4, 0.5) is 0 Å². The fourth-order valence-electron chi connectivity index (χ4n) is 4.75. The topological polar surface area (TPSA) is 54.0 Å². The van der Waals surface area contributed by atoms with Gasteiger partial charge in [-0.3, -0.25) is 0 Å². The zero-order valence-corrected chi connectivity index (χ0v) is 38.7. The molecule has 0 saturated carbocycles. The first kappa shape index (κ1) is 45.0. The average molecular weight is 823 g/mol. The molecular formula is C47H58O5S2Si2. The third-order valence-electron chi connectivity index (χ3n) is 10.4. The molecule has 5 nitrogen and oxygen atoms in total. The van der Waals surface area contributed by atoms with Crippen LogP contribution >= 0.6 is 23.5 Å². The van der Waals surface area contributed by atoms with Crippen molar-refractivity contribution in [2.45, 2.75) is 94.2 Å². The molecule has 0 bridgehead atoms. The number of hydrogen-bond donors (Lipinski definition) is 0. The lowest BCUT2D eigenvalue weighted by Gasteiger charge is -2.36. The molecular weight excluding hydrogens is 765 g/mol. The molecule has 0 heterocycles. The normalized spacial score (nSPS) is 11.9. The molecule has 56 heavy (non-hydrogen) atoms. The molecule has 4 aromatic carbocycles. The van der Waals surface area contributed by atoms with Gasteiger partial charge < -0.3 is 18.3 Å². The lowest BCUT2D eigenvalue weighted by molar-refractivity contribution is 0.0595. The highest BCUT2D eigenvalue weighted by Crippen LogP contribution is 2.37. The van der Waals surface area contributed by atoms with Crippen LogP contribution in [0.5, 0.6) is 5.75 Å². The standard InChI is InChI=1S/C47H58O5S2Si2/c1-46(2,3)55(8,9)51-30-32-53-41-25-20-37(21-26-41)13-12-36-15-18-40(19-16-36)35-50-44-29-24-39(34-43(44)45(48)49-7)17-14-38-22-27-42(28-23-38)54-33-31-52-56(10,11)47(4,5)6/h15-16,18-29,34H,30-33,35H2,1-11H3. The van der Waals surface area contributed by atoms with Crippen molar-refractivity contribution in [3.05, 3.63) is 124 Å². The molecule has 0 unspecified atom stereocenters. The fourth-order valence-corrected chi connectivity index (χ4v) is 8.60. The highest BCUT2D eigenvalue weighted by molar-refractivity contribution is 7.99. The highest BCUT2D eigenvalue weighted by atomic mass is 32.2. The second-order valence-corrected chi connectivity index (χ2v) is 28.6. The van der Waals surface area contributed by atoms with E-state index in [-0.39, 0.29) is 16.7 Å². The summed E-state index contributed by atoms with van der Waals surface area (Å²) in [6.45, 7) is 24.5. The number of methoxy groups -OCH3 is 1. The number of carbonyl (C=O) groups excluding carboxylic acids is 1. The van der Waals surface area contributed by atoms with E-state index < -0.39 is 22.6 Å². The third-order valence-corrected chi connectivity index (χ3v) is 21.4. The Kier molecular flexibility index (Phi) is 16.2. The summed E-state index contributed by atoms with van der Waals surface area (Å²) in [5.74, 6) is 14.7. The van der Waals surface area contributed by atoms with E-state index in [0.29, 0.717) is 16.9 Å². The van der Waals surface area contributed by atoms with Crippen molar-refractivity contribution < 1.29 is 23.1 Å². The van der Waals surface area contributed by atoms with Crippen molar-refractivity contribution >= 4 is 46.1 Å². The van der Waals surface area contributed by atoms with Crippen molar-refractivity contribution in [2.24, 2.45) is 0 Å². The minimum atomic E-state index is -1.73. The number of esters is 1. The van der Waals surface area contributed by atoms with Crippen LogP contribution in [0.15, 0.2) is 101 Å². The second kappa shape index (κ2) is 20.1. The SMILES string of the molecule is COC(=O)c1cc(C#Cc2ccc(SCCO[Si](C)(C)C(C)(C)C)cc2)ccc1OCc1ccc(C#Cc2ccc(SCCO[Si](C)(C)C(C)(C)C)cc2)cc1. The van der Waals surface area contributed by atoms with Crippen LogP contribution in [0.1, 0.15) is 79.7 Å². The average Bonchev–Trinajstić information content (AvgIpc) is 3.16. The van der Waals surface area contributed by atoms with E-state index in [1.807, 2.05) is 54.2 Å². The molecule has 4 rings (SSSR count). The number of ether oxygens (including phenoxy) is 2. The summed E-state index contributed by atoms with van der Waals surface area (Å²) in [5, 5.41) is 0.437. The minimum Gasteiger partial charge on any atom is -0.488 e. The fraction of sp³-hybridized carbons (Fsp3) is 0.383. The molecule has 4 aromatic rings. The molecule has 0 aromatic heterocycles. The van der Waals surface area contributed by atoms with Crippen molar-refractivity contribution in [3.8, 4) is 29.4 Å². The maximum atomic E-state index is 12.7. The maximum Gasteiger partial charge on any atom is 0.341 e. The summed E-state index contributed by atoms with van der Waals surface area (Å²) in [7, 11) is -2.08. The Morgan fingerprint density at radius 2 is 0.982 bits per heavy atom. The number of benzene rings is 4. The van der Waals surface area contributed by atoms with E-state index in [1.54, 1.807) is 23.9 Å². The molecule has 0 fully saturated rings. The second-order valence-electron chi connectivity index (χ2n) is 16.7. The van der Waals surface area contributed by atoms with Gasteiger partial charge in [0.2, 0.25) is 0 Å². The van der Waals surface area contributed by atoms with Crippen LogP contribution < -0.4 is 4.74 Å². The van der Waals surface area contributed by atoms with Gasteiger partial charge in [0, 0.05) is 56.8 Å². The molecule has 0 saturated heterocycles. The van der Waals surface area contributed by atoms with E-state index in [2.05, 4.69) is 128 Å². The van der Waals surface area contributed by atoms with Gasteiger partial charge in [0.05, 0.1) is 7.11 Å². The first-order valence-corrected chi connectivity index (χ1v) is 26.9. The van der Waals surface area contributed by atoms with Crippen molar-refractivity contribution in [2.75, 3.05) is 31.8 Å². The molecule has 0 N–H and O–H groups in total. The number of hydrogen-bond acceptors (Lipinski definition) is 7.